The SMILES string of the molecule is Cc1cc(Nc2nc(C)cc(C)n2)cc(-c2cnc(C3(O)CCC(O)CC3)s2)c1. The first-order valence-electron chi connectivity index (χ1n) is 9.89. The summed E-state index contributed by atoms with van der Waals surface area (Å²) in [5.74, 6) is 0.583. The minimum absolute atomic E-state index is 0.312. The highest BCUT2D eigenvalue weighted by molar-refractivity contribution is 7.15. The number of anilines is 2. The first-order chi connectivity index (χ1) is 13.8. The molecule has 0 atom stereocenters. The fourth-order valence-electron chi connectivity index (χ4n) is 3.83. The first kappa shape index (κ1) is 19.9. The van der Waals surface area contributed by atoms with Gasteiger partial charge in [0.25, 0.3) is 0 Å². The van der Waals surface area contributed by atoms with Crippen LogP contribution in [0, 0.1) is 20.8 Å². The van der Waals surface area contributed by atoms with Gasteiger partial charge in [0.05, 0.1) is 11.0 Å². The van der Waals surface area contributed by atoms with E-state index in [1.54, 1.807) is 0 Å². The Morgan fingerprint density at radius 2 is 1.72 bits per heavy atom. The van der Waals surface area contributed by atoms with Gasteiger partial charge in [0.2, 0.25) is 5.95 Å². The molecule has 7 heteroatoms. The van der Waals surface area contributed by atoms with E-state index in [9.17, 15) is 10.2 Å². The fraction of sp³-hybridized carbons (Fsp3) is 0.409. The van der Waals surface area contributed by atoms with Crippen LogP contribution in [-0.2, 0) is 5.60 Å². The molecule has 3 aromatic rings. The van der Waals surface area contributed by atoms with Gasteiger partial charge in [0.15, 0.2) is 0 Å². The van der Waals surface area contributed by atoms with Gasteiger partial charge in [-0.15, -0.1) is 11.3 Å². The van der Waals surface area contributed by atoms with E-state index in [1.807, 2.05) is 26.1 Å². The number of aliphatic hydroxyl groups is 2. The molecule has 152 valence electrons. The molecule has 1 aliphatic rings. The Kier molecular flexibility index (Phi) is 5.38. The van der Waals surface area contributed by atoms with Crippen molar-refractivity contribution in [1.29, 1.82) is 0 Å². The van der Waals surface area contributed by atoms with E-state index in [0.29, 0.717) is 31.6 Å². The summed E-state index contributed by atoms with van der Waals surface area (Å²) in [6.45, 7) is 5.96. The molecule has 4 rings (SSSR count). The van der Waals surface area contributed by atoms with Crippen molar-refractivity contribution in [2.75, 3.05) is 5.32 Å². The predicted octanol–water partition coefficient (Wildman–Crippen LogP) is 4.39. The Labute approximate surface area is 174 Å². The standard InChI is InChI=1S/C22H26N4O2S/c1-13-8-16(11-17(9-13)26-21-24-14(2)10-15(3)25-21)19-12-23-20(29-19)22(28)6-4-18(27)5-7-22/h8-12,18,27-28H,4-7H2,1-3H3,(H,24,25,26). The number of aliphatic hydroxyl groups excluding tert-OH is 1. The van der Waals surface area contributed by atoms with E-state index in [-0.39, 0.29) is 6.10 Å². The Hall–Kier alpha value is -2.35. The molecular weight excluding hydrogens is 384 g/mol. The van der Waals surface area contributed by atoms with Crippen molar-refractivity contribution in [1.82, 2.24) is 15.0 Å². The summed E-state index contributed by atoms with van der Waals surface area (Å²) >= 11 is 1.52. The van der Waals surface area contributed by atoms with Crippen molar-refractivity contribution in [3.05, 3.63) is 52.4 Å². The van der Waals surface area contributed by atoms with Gasteiger partial charge in [0.1, 0.15) is 10.6 Å². The number of benzene rings is 1. The van der Waals surface area contributed by atoms with Gasteiger partial charge in [0, 0.05) is 23.3 Å². The van der Waals surface area contributed by atoms with Crippen LogP contribution in [0.4, 0.5) is 11.6 Å². The Bertz CT molecular complexity index is 1010. The van der Waals surface area contributed by atoms with E-state index >= 15 is 0 Å². The number of nitrogens with one attached hydrogen (secondary N) is 1. The molecule has 3 N–H and O–H groups in total. The average molecular weight is 411 g/mol. The third-order valence-electron chi connectivity index (χ3n) is 5.29. The first-order valence-corrected chi connectivity index (χ1v) is 10.7. The minimum atomic E-state index is -0.931. The largest absolute Gasteiger partial charge is 0.393 e. The topological polar surface area (TPSA) is 91.2 Å². The van der Waals surface area contributed by atoms with Gasteiger partial charge in [-0.25, -0.2) is 15.0 Å². The number of aryl methyl sites for hydroxylation is 3. The smallest absolute Gasteiger partial charge is 0.227 e. The zero-order valence-corrected chi connectivity index (χ0v) is 17.8. The lowest BCUT2D eigenvalue weighted by molar-refractivity contribution is -0.0362. The fourth-order valence-corrected chi connectivity index (χ4v) is 4.87. The van der Waals surface area contributed by atoms with Gasteiger partial charge in [-0.2, -0.15) is 0 Å². The highest BCUT2D eigenvalue weighted by Gasteiger charge is 2.36. The van der Waals surface area contributed by atoms with Crippen LogP contribution in [0.5, 0.6) is 0 Å². The molecule has 1 aromatic carbocycles. The van der Waals surface area contributed by atoms with E-state index in [1.165, 1.54) is 11.3 Å². The van der Waals surface area contributed by atoms with Crippen molar-refractivity contribution in [3.8, 4) is 10.4 Å². The van der Waals surface area contributed by atoms with Crippen molar-refractivity contribution in [3.63, 3.8) is 0 Å². The highest BCUT2D eigenvalue weighted by atomic mass is 32.1. The van der Waals surface area contributed by atoms with E-state index in [4.69, 9.17) is 0 Å². The number of nitrogens with zero attached hydrogens (tertiary/aromatic N) is 3. The predicted molar refractivity (Wildman–Crippen MR) is 115 cm³/mol. The summed E-state index contributed by atoms with van der Waals surface area (Å²) < 4.78 is 0. The number of thiazole rings is 1. The van der Waals surface area contributed by atoms with Gasteiger partial charge in [-0.05, 0) is 75.8 Å². The molecule has 0 saturated heterocycles. The number of aromatic nitrogens is 3. The third kappa shape index (κ3) is 4.47. The maximum atomic E-state index is 11.0. The summed E-state index contributed by atoms with van der Waals surface area (Å²) in [4.78, 5) is 14.4. The van der Waals surface area contributed by atoms with Crippen LogP contribution in [0.25, 0.3) is 10.4 Å². The molecule has 6 nitrogen and oxygen atoms in total. The molecule has 0 radical (unpaired) electrons. The van der Waals surface area contributed by atoms with E-state index < -0.39 is 5.60 Å². The molecule has 0 spiro atoms. The van der Waals surface area contributed by atoms with Crippen molar-refractivity contribution in [2.24, 2.45) is 0 Å². The molecule has 1 fully saturated rings. The lowest BCUT2D eigenvalue weighted by atomic mass is 9.84. The highest BCUT2D eigenvalue weighted by Crippen LogP contribution is 2.41. The second kappa shape index (κ2) is 7.82. The summed E-state index contributed by atoms with van der Waals surface area (Å²) in [5, 5.41) is 24.8. The summed E-state index contributed by atoms with van der Waals surface area (Å²) in [6.07, 6.45) is 3.83. The van der Waals surface area contributed by atoms with Gasteiger partial charge >= 0.3 is 0 Å². The lowest BCUT2D eigenvalue weighted by Crippen LogP contribution is -2.33. The van der Waals surface area contributed by atoms with Crippen LogP contribution in [0.1, 0.15) is 47.6 Å². The monoisotopic (exact) mass is 410 g/mol. The minimum Gasteiger partial charge on any atom is -0.393 e. The summed E-state index contributed by atoms with van der Waals surface area (Å²) in [7, 11) is 0. The zero-order valence-electron chi connectivity index (χ0n) is 16.9. The third-order valence-corrected chi connectivity index (χ3v) is 6.53. The molecule has 29 heavy (non-hydrogen) atoms. The molecule has 0 amide bonds. The second-order valence-electron chi connectivity index (χ2n) is 7.98. The van der Waals surface area contributed by atoms with Crippen LogP contribution in [-0.4, -0.2) is 31.3 Å². The van der Waals surface area contributed by atoms with Gasteiger partial charge in [-0.1, -0.05) is 6.07 Å². The van der Waals surface area contributed by atoms with Gasteiger partial charge in [-0.3, -0.25) is 0 Å². The molecule has 1 aliphatic carbocycles. The molecule has 0 bridgehead atoms. The molecule has 0 unspecified atom stereocenters. The number of hydrogen-bond donors (Lipinski definition) is 3. The summed E-state index contributed by atoms with van der Waals surface area (Å²) in [6, 6.07) is 8.17. The van der Waals surface area contributed by atoms with Gasteiger partial charge < -0.3 is 15.5 Å². The maximum Gasteiger partial charge on any atom is 0.227 e. The maximum absolute atomic E-state index is 11.0. The van der Waals surface area contributed by atoms with Crippen molar-refractivity contribution >= 4 is 23.0 Å². The quantitative estimate of drug-likeness (QED) is 0.591. The molecular formula is C22H26N4O2S. The Morgan fingerprint density at radius 1 is 1.03 bits per heavy atom. The van der Waals surface area contributed by atoms with Crippen molar-refractivity contribution < 1.29 is 10.2 Å². The van der Waals surface area contributed by atoms with Crippen LogP contribution < -0.4 is 5.32 Å². The average Bonchev–Trinajstić information content (AvgIpc) is 3.14. The molecule has 0 aliphatic heterocycles. The summed E-state index contributed by atoms with van der Waals surface area (Å²) in [5.41, 5.74) is 3.99. The normalized spacial score (nSPS) is 21.9. The van der Waals surface area contributed by atoms with Crippen LogP contribution in [0.15, 0.2) is 30.5 Å². The Balaban J connectivity index is 1.60. The van der Waals surface area contributed by atoms with Crippen LogP contribution in [0.2, 0.25) is 0 Å². The van der Waals surface area contributed by atoms with E-state index in [0.717, 1.165) is 38.1 Å². The van der Waals surface area contributed by atoms with E-state index in [2.05, 4.69) is 45.4 Å². The van der Waals surface area contributed by atoms with Crippen molar-refractivity contribution in [2.45, 2.75) is 58.2 Å². The van der Waals surface area contributed by atoms with Crippen LogP contribution >= 0.6 is 11.3 Å². The number of rotatable bonds is 4. The Morgan fingerprint density at radius 3 is 2.41 bits per heavy atom. The lowest BCUT2D eigenvalue weighted by Gasteiger charge is -2.32. The van der Waals surface area contributed by atoms with Crippen LogP contribution in [0.3, 0.4) is 0 Å². The zero-order chi connectivity index (χ0) is 20.6. The molecule has 2 heterocycles. The second-order valence-corrected chi connectivity index (χ2v) is 9.01. The molecule has 1 saturated carbocycles. The number of hydrogen-bond acceptors (Lipinski definition) is 7. The molecule has 2 aromatic heterocycles.